The lowest BCUT2D eigenvalue weighted by atomic mass is 10.2. The Morgan fingerprint density at radius 2 is 2.00 bits per heavy atom. The van der Waals surface area contributed by atoms with E-state index in [0.717, 1.165) is 5.56 Å². The molecule has 0 saturated heterocycles. The van der Waals surface area contributed by atoms with Crippen LogP contribution in [0.3, 0.4) is 0 Å². The fourth-order valence-corrected chi connectivity index (χ4v) is 1.83. The van der Waals surface area contributed by atoms with Crippen LogP contribution in [0.2, 0.25) is 10.0 Å². The number of nitrogens with one attached hydrogen (secondary N) is 1. The fraction of sp³-hybridized carbons (Fsp3) is 0.400. The van der Waals surface area contributed by atoms with Gasteiger partial charge in [-0.25, -0.2) is 0 Å². The minimum Gasteiger partial charge on any atom is -0.492 e. The molecule has 1 aromatic carbocycles. The molecular weight excluding hydrogens is 256 g/mol. The highest BCUT2D eigenvalue weighted by atomic mass is 35.5. The van der Waals surface area contributed by atoms with Crippen molar-refractivity contribution in [1.82, 2.24) is 5.32 Å². The highest BCUT2D eigenvalue weighted by molar-refractivity contribution is 6.35. The maximum atomic E-state index is 6.01. The van der Waals surface area contributed by atoms with Crippen molar-refractivity contribution < 1.29 is 4.74 Å². The largest absolute Gasteiger partial charge is 0.492 e. The molecule has 2 nitrogen and oxygen atoms in total. The second-order valence-electron chi connectivity index (χ2n) is 2.84. The summed E-state index contributed by atoms with van der Waals surface area (Å²) in [6, 6.07) is 3.54. The van der Waals surface area contributed by atoms with Crippen LogP contribution in [0.25, 0.3) is 0 Å². The van der Waals surface area contributed by atoms with Crippen molar-refractivity contribution in [2.45, 2.75) is 13.5 Å². The second-order valence-corrected chi connectivity index (χ2v) is 3.68. The smallest absolute Gasteiger partial charge is 0.142 e. The van der Waals surface area contributed by atoms with E-state index >= 15 is 0 Å². The van der Waals surface area contributed by atoms with Crippen molar-refractivity contribution >= 4 is 35.6 Å². The second kappa shape index (κ2) is 7.18. The number of halogens is 3. The molecule has 1 N–H and O–H groups in total. The summed E-state index contributed by atoms with van der Waals surface area (Å²) in [5, 5.41) is 4.23. The van der Waals surface area contributed by atoms with E-state index in [1.54, 1.807) is 6.07 Å². The van der Waals surface area contributed by atoms with Crippen LogP contribution in [0, 0.1) is 0 Å². The summed E-state index contributed by atoms with van der Waals surface area (Å²) in [6.07, 6.45) is 0. The van der Waals surface area contributed by atoms with Gasteiger partial charge < -0.3 is 10.1 Å². The van der Waals surface area contributed by atoms with Crippen LogP contribution in [0.15, 0.2) is 12.1 Å². The topological polar surface area (TPSA) is 21.3 Å². The van der Waals surface area contributed by atoms with Crippen molar-refractivity contribution in [3.05, 3.63) is 27.7 Å². The van der Waals surface area contributed by atoms with E-state index in [-0.39, 0.29) is 12.4 Å². The average Bonchev–Trinajstić information content (AvgIpc) is 2.11. The third-order valence-electron chi connectivity index (χ3n) is 1.74. The van der Waals surface area contributed by atoms with Gasteiger partial charge in [-0.1, -0.05) is 23.2 Å². The Bertz CT molecular complexity index is 318. The molecular formula is C10H14Cl3NO. The first kappa shape index (κ1) is 14.8. The summed E-state index contributed by atoms with van der Waals surface area (Å²) in [6.45, 7) is 3.21. The monoisotopic (exact) mass is 269 g/mol. The SMILES string of the molecule is CCOc1c(Cl)cc(Cl)cc1CNC.Cl. The Labute approximate surface area is 106 Å². The molecule has 5 heteroatoms. The zero-order valence-corrected chi connectivity index (χ0v) is 11.0. The molecule has 1 rings (SSSR count). The number of hydrogen-bond acceptors (Lipinski definition) is 2. The number of ether oxygens (including phenoxy) is 1. The Kier molecular flexibility index (Phi) is 7.11. The summed E-state index contributed by atoms with van der Waals surface area (Å²) >= 11 is 11.9. The van der Waals surface area contributed by atoms with E-state index in [1.165, 1.54) is 0 Å². The first-order valence-electron chi connectivity index (χ1n) is 4.44. The summed E-state index contributed by atoms with van der Waals surface area (Å²) in [5.74, 6) is 0.716. The lowest BCUT2D eigenvalue weighted by Crippen LogP contribution is -2.07. The molecule has 0 saturated carbocycles. The molecule has 15 heavy (non-hydrogen) atoms. The molecule has 0 radical (unpaired) electrons. The molecule has 0 atom stereocenters. The summed E-state index contributed by atoms with van der Waals surface area (Å²) in [5.41, 5.74) is 0.979. The highest BCUT2D eigenvalue weighted by Crippen LogP contribution is 2.32. The molecule has 0 aliphatic heterocycles. The zero-order chi connectivity index (χ0) is 10.6. The normalized spacial score (nSPS) is 9.60. The third-order valence-corrected chi connectivity index (χ3v) is 2.24. The van der Waals surface area contributed by atoms with Crippen molar-refractivity contribution in [2.24, 2.45) is 0 Å². The van der Waals surface area contributed by atoms with Gasteiger partial charge in [-0.15, -0.1) is 12.4 Å². The average molecular weight is 271 g/mol. The molecule has 0 spiro atoms. The summed E-state index contributed by atoms with van der Waals surface area (Å²) < 4.78 is 5.44. The predicted octanol–water partition coefficient (Wildman–Crippen LogP) is 3.53. The van der Waals surface area contributed by atoms with E-state index in [9.17, 15) is 0 Å². The molecule has 0 aromatic heterocycles. The van der Waals surface area contributed by atoms with Crippen LogP contribution in [-0.4, -0.2) is 13.7 Å². The molecule has 0 fully saturated rings. The lowest BCUT2D eigenvalue weighted by molar-refractivity contribution is 0.336. The Morgan fingerprint density at radius 1 is 1.33 bits per heavy atom. The molecule has 0 heterocycles. The van der Waals surface area contributed by atoms with Crippen LogP contribution < -0.4 is 10.1 Å². The van der Waals surface area contributed by atoms with E-state index in [1.807, 2.05) is 20.0 Å². The third kappa shape index (κ3) is 4.07. The van der Waals surface area contributed by atoms with Crippen molar-refractivity contribution in [3.8, 4) is 5.75 Å². The number of hydrogen-bond donors (Lipinski definition) is 1. The maximum Gasteiger partial charge on any atom is 0.142 e. The highest BCUT2D eigenvalue weighted by Gasteiger charge is 2.09. The van der Waals surface area contributed by atoms with E-state index in [4.69, 9.17) is 27.9 Å². The van der Waals surface area contributed by atoms with Crippen LogP contribution in [0.4, 0.5) is 0 Å². The number of benzene rings is 1. The molecule has 0 aliphatic rings. The molecule has 86 valence electrons. The Hall–Kier alpha value is -0.150. The minimum absolute atomic E-state index is 0. The van der Waals surface area contributed by atoms with E-state index in [0.29, 0.717) is 28.9 Å². The van der Waals surface area contributed by atoms with Crippen LogP contribution in [0.1, 0.15) is 12.5 Å². The van der Waals surface area contributed by atoms with Crippen molar-refractivity contribution in [3.63, 3.8) is 0 Å². The summed E-state index contributed by atoms with van der Waals surface area (Å²) in [4.78, 5) is 0. The Morgan fingerprint density at radius 3 is 2.53 bits per heavy atom. The number of rotatable bonds is 4. The first-order valence-corrected chi connectivity index (χ1v) is 5.20. The van der Waals surface area contributed by atoms with Gasteiger partial charge in [0.05, 0.1) is 11.6 Å². The van der Waals surface area contributed by atoms with E-state index in [2.05, 4.69) is 5.32 Å². The standard InChI is InChI=1S/C10H13Cl2NO.ClH/c1-3-14-10-7(6-13-2)4-8(11)5-9(10)12;/h4-5,13H,3,6H2,1-2H3;1H. The Balaban J connectivity index is 0.00000196. The molecule has 0 amide bonds. The van der Waals surface area contributed by atoms with Gasteiger partial charge in [0.2, 0.25) is 0 Å². The van der Waals surface area contributed by atoms with Crippen LogP contribution in [-0.2, 0) is 6.54 Å². The molecule has 0 unspecified atom stereocenters. The van der Waals surface area contributed by atoms with Gasteiger partial charge in [0.25, 0.3) is 0 Å². The molecule has 0 aliphatic carbocycles. The van der Waals surface area contributed by atoms with Gasteiger partial charge in [0.15, 0.2) is 0 Å². The first-order chi connectivity index (χ1) is 6.69. The van der Waals surface area contributed by atoms with Gasteiger partial charge >= 0.3 is 0 Å². The minimum atomic E-state index is 0. The van der Waals surface area contributed by atoms with Crippen molar-refractivity contribution in [2.75, 3.05) is 13.7 Å². The maximum absolute atomic E-state index is 6.01. The van der Waals surface area contributed by atoms with Crippen LogP contribution in [0.5, 0.6) is 5.75 Å². The summed E-state index contributed by atoms with van der Waals surface area (Å²) in [7, 11) is 1.87. The van der Waals surface area contributed by atoms with Gasteiger partial charge in [0.1, 0.15) is 5.75 Å². The lowest BCUT2D eigenvalue weighted by Gasteiger charge is -2.12. The molecule has 0 bridgehead atoms. The predicted molar refractivity (Wildman–Crippen MR) is 67.6 cm³/mol. The van der Waals surface area contributed by atoms with E-state index < -0.39 is 0 Å². The zero-order valence-electron chi connectivity index (χ0n) is 8.64. The van der Waals surface area contributed by atoms with Gasteiger partial charge in [-0.3, -0.25) is 0 Å². The van der Waals surface area contributed by atoms with Crippen LogP contribution >= 0.6 is 35.6 Å². The fourth-order valence-electron chi connectivity index (χ4n) is 1.24. The van der Waals surface area contributed by atoms with Gasteiger partial charge in [0, 0.05) is 17.1 Å². The quantitative estimate of drug-likeness (QED) is 0.904. The van der Waals surface area contributed by atoms with Crippen molar-refractivity contribution in [1.29, 1.82) is 0 Å². The molecule has 1 aromatic rings. The van der Waals surface area contributed by atoms with Gasteiger partial charge in [-0.05, 0) is 26.1 Å². The van der Waals surface area contributed by atoms with Gasteiger partial charge in [-0.2, -0.15) is 0 Å².